The van der Waals surface area contributed by atoms with Crippen molar-refractivity contribution in [3.05, 3.63) is 53.3 Å². The molecule has 0 heterocycles. The Balaban J connectivity index is 2.30. The predicted octanol–water partition coefficient (Wildman–Crippen LogP) is 3.69. The molecule has 0 spiro atoms. The van der Waals surface area contributed by atoms with Crippen molar-refractivity contribution in [2.24, 2.45) is 0 Å². The molecule has 3 nitrogen and oxygen atoms in total. The van der Waals surface area contributed by atoms with Gasteiger partial charge in [-0.3, -0.25) is 0 Å². The molecule has 0 saturated heterocycles. The number of benzene rings is 2. The van der Waals surface area contributed by atoms with E-state index < -0.39 is 23.5 Å². The van der Waals surface area contributed by atoms with E-state index in [9.17, 15) is 23.4 Å². The lowest BCUT2D eigenvalue weighted by molar-refractivity contribution is 0.444. The number of phenolic OH excluding ortho intramolecular Hbond substituents is 2. The van der Waals surface area contributed by atoms with Crippen LogP contribution in [-0.2, 0) is 0 Å². The smallest absolute Gasteiger partial charge is 0.182 e. The van der Waals surface area contributed by atoms with E-state index in [1.165, 1.54) is 12.1 Å². The number of halogens is 3. The molecule has 0 amide bonds. The van der Waals surface area contributed by atoms with Crippen LogP contribution in [0, 0.1) is 17.5 Å². The summed E-state index contributed by atoms with van der Waals surface area (Å²) in [5.74, 6) is -3.73. The number of nitrogens with one attached hydrogen (secondary N) is 1. The molecule has 2 rings (SSSR count). The average Bonchev–Trinajstić information content (AvgIpc) is 2.35. The highest BCUT2D eigenvalue weighted by Crippen LogP contribution is 2.31. The Kier molecular flexibility index (Phi) is 3.74. The van der Waals surface area contributed by atoms with Gasteiger partial charge in [0.15, 0.2) is 11.6 Å². The van der Waals surface area contributed by atoms with Crippen molar-refractivity contribution < 1.29 is 23.4 Å². The number of hydrogen-bond acceptors (Lipinski definition) is 3. The first-order valence-electron chi connectivity index (χ1n) is 5.81. The molecule has 0 saturated carbocycles. The predicted molar refractivity (Wildman–Crippen MR) is 68.1 cm³/mol. The Bertz CT molecular complexity index is 647. The van der Waals surface area contributed by atoms with E-state index in [1.807, 2.05) is 0 Å². The first kappa shape index (κ1) is 14.0. The van der Waals surface area contributed by atoms with E-state index in [4.69, 9.17) is 0 Å². The van der Waals surface area contributed by atoms with Crippen LogP contribution in [-0.4, -0.2) is 10.2 Å². The highest BCUT2D eigenvalue weighted by atomic mass is 19.2. The zero-order valence-electron chi connectivity index (χ0n) is 10.5. The van der Waals surface area contributed by atoms with Crippen molar-refractivity contribution in [1.82, 2.24) is 0 Å². The highest BCUT2D eigenvalue weighted by molar-refractivity contribution is 5.50. The van der Waals surface area contributed by atoms with Crippen molar-refractivity contribution in [3.8, 4) is 11.5 Å². The molecule has 0 radical (unpaired) electrons. The van der Waals surface area contributed by atoms with Crippen LogP contribution in [0.2, 0.25) is 0 Å². The maximum atomic E-state index is 13.5. The first-order chi connectivity index (χ1) is 9.38. The summed E-state index contributed by atoms with van der Waals surface area (Å²) in [5.41, 5.74) is 0.00865. The monoisotopic (exact) mass is 283 g/mol. The lowest BCUT2D eigenvalue weighted by Gasteiger charge is -2.17. The number of phenols is 2. The molecule has 3 N–H and O–H groups in total. The third-order valence-electron chi connectivity index (χ3n) is 2.85. The standard InChI is InChI=1S/C14H12F3NO2/c1-7(10-3-2-9(19)6-13(10)20)18-12-5-8(15)4-11(16)14(12)17/h2-7,18-20H,1H3. The fourth-order valence-electron chi connectivity index (χ4n) is 1.87. The molecule has 0 aliphatic rings. The van der Waals surface area contributed by atoms with Crippen LogP contribution >= 0.6 is 0 Å². The van der Waals surface area contributed by atoms with Gasteiger partial charge in [-0.25, -0.2) is 13.2 Å². The van der Waals surface area contributed by atoms with E-state index in [2.05, 4.69) is 5.32 Å². The molecule has 1 unspecified atom stereocenters. The molecule has 6 heteroatoms. The Labute approximate surface area is 113 Å². The average molecular weight is 283 g/mol. The summed E-state index contributed by atoms with van der Waals surface area (Å²) in [6.45, 7) is 1.58. The van der Waals surface area contributed by atoms with Gasteiger partial charge in [0, 0.05) is 23.8 Å². The number of anilines is 1. The first-order valence-corrected chi connectivity index (χ1v) is 5.81. The summed E-state index contributed by atoms with van der Waals surface area (Å²) in [6, 6.07) is 4.54. The molecule has 0 aliphatic carbocycles. The minimum atomic E-state index is -1.30. The Hall–Kier alpha value is -2.37. The zero-order valence-corrected chi connectivity index (χ0v) is 10.5. The summed E-state index contributed by atoms with van der Waals surface area (Å²) < 4.78 is 39.7. The SMILES string of the molecule is CC(Nc1cc(F)cc(F)c1F)c1ccc(O)cc1O. The highest BCUT2D eigenvalue weighted by Gasteiger charge is 2.16. The topological polar surface area (TPSA) is 52.5 Å². The summed E-state index contributed by atoms with van der Waals surface area (Å²) >= 11 is 0. The molecule has 0 bridgehead atoms. The minimum Gasteiger partial charge on any atom is -0.508 e. The second-order valence-electron chi connectivity index (χ2n) is 4.36. The molecular formula is C14H12F3NO2. The van der Waals surface area contributed by atoms with E-state index in [0.29, 0.717) is 11.6 Å². The summed E-state index contributed by atoms with van der Waals surface area (Å²) in [4.78, 5) is 0. The van der Waals surface area contributed by atoms with Gasteiger partial charge in [-0.2, -0.15) is 0 Å². The van der Waals surface area contributed by atoms with Crippen LogP contribution in [0.3, 0.4) is 0 Å². The molecule has 2 aromatic rings. The Morgan fingerprint density at radius 1 is 1.05 bits per heavy atom. The van der Waals surface area contributed by atoms with E-state index in [1.54, 1.807) is 6.92 Å². The largest absolute Gasteiger partial charge is 0.508 e. The van der Waals surface area contributed by atoms with Gasteiger partial charge >= 0.3 is 0 Å². The molecule has 2 aromatic carbocycles. The number of rotatable bonds is 3. The van der Waals surface area contributed by atoms with Crippen LogP contribution in [0.4, 0.5) is 18.9 Å². The Morgan fingerprint density at radius 3 is 2.40 bits per heavy atom. The van der Waals surface area contributed by atoms with Gasteiger partial charge in [-0.05, 0) is 19.1 Å². The maximum Gasteiger partial charge on any atom is 0.182 e. The summed E-state index contributed by atoms with van der Waals surface area (Å²) in [6.07, 6.45) is 0. The Morgan fingerprint density at radius 2 is 1.75 bits per heavy atom. The van der Waals surface area contributed by atoms with E-state index in [-0.39, 0.29) is 17.2 Å². The van der Waals surface area contributed by atoms with Crippen LogP contribution in [0.25, 0.3) is 0 Å². The molecule has 106 valence electrons. The van der Waals surface area contributed by atoms with Gasteiger partial charge in [-0.15, -0.1) is 0 Å². The summed E-state index contributed by atoms with van der Waals surface area (Å²) in [5, 5.41) is 21.4. The van der Waals surface area contributed by atoms with Crippen LogP contribution in [0.15, 0.2) is 30.3 Å². The molecular weight excluding hydrogens is 271 g/mol. The van der Waals surface area contributed by atoms with Crippen molar-refractivity contribution in [2.75, 3.05) is 5.32 Å². The summed E-state index contributed by atoms with van der Waals surface area (Å²) in [7, 11) is 0. The third kappa shape index (κ3) is 2.79. The van der Waals surface area contributed by atoms with Gasteiger partial charge in [0.2, 0.25) is 0 Å². The normalized spacial score (nSPS) is 12.2. The minimum absolute atomic E-state index is 0.124. The molecule has 1 atom stereocenters. The number of hydrogen-bond donors (Lipinski definition) is 3. The van der Waals surface area contributed by atoms with Gasteiger partial charge in [0.25, 0.3) is 0 Å². The fraction of sp³-hybridized carbons (Fsp3) is 0.143. The molecule has 20 heavy (non-hydrogen) atoms. The molecule has 0 aliphatic heterocycles. The quantitative estimate of drug-likeness (QED) is 0.753. The maximum absolute atomic E-state index is 13.5. The van der Waals surface area contributed by atoms with Crippen molar-refractivity contribution in [1.29, 1.82) is 0 Å². The number of aromatic hydroxyl groups is 2. The second kappa shape index (κ2) is 5.32. The van der Waals surface area contributed by atoms with E-state index >= 15 is 0 Å². The van der Waals surface area contributed by atoms with Gasteiger partial charge in [-0.1, -0.05) is 0 Å². The van der Waals surface area contributed by atoms with Gasteiger partial charge < -0.3 is 15.5 Å². The van der Waals surface area contributed by atoms with Crippen molar-refractivity contribution in [2.45, 2.75) is 13.0 Å². The van der Waals surface area contributed by atoms with Crippen molar-refractivity contribution >= 4 is 5.69 Å². The fourth-order valence-corrected chi connectivity index (χ4v) is 1.87. The van der Waals surface area contributed by atoms with Crippen LogP contribution < -0.4 is 5.32 Å². The third-order valence-corrected chi connectivity index (χ3v) is 2.85. The van der Waals surface area contributed by atoms with Crippen LogP contribution in [0.1, 0.15) is 18.5 Å². The second-order valence-corrected chi connectivity index (χ2v) is 4.36. The van der Waals surface area contributed by atoms with Gasteiger partial charge in [0.05, 0.1) is 11.7 Å². The van der Waals surface area contributed by atoms with Crippen LogP contribution in [0.5, 0.6) is 11.5 Å². The molecule has 0 aromatic heterocycles. The van der Waals surface area contributed by atoms with E-state index in [0.717, 1.165) is 12.1 Å². The van der Waals surface area contributed by atoms with Gasteiger partial charge in [0.1, 0.15) is 17.3 Å². The lowest BCUT2D eigenvalue weighted by Crippen LogP contribution is -2.09. The zero-order chi connectivity index (χ0) is 14.9. The lowest BCUT2D eigenvalue weighted by atomic mass is 10.1. The van der Waals surface area contributed by atoms with Crippen molar-refractivity contribution in [3.63, 3.8) is 0 Å². The molecule has 0 fully saturated rings.